The zero-order valence-electron chi connectivity index (χ0n) is 15.7. The fraction of sp³-hybridized carbons (Fsp3) is 0.684. The van der Waals surface area contributed by atoms with Gasteiger partial charge in [0.05, 0.1) is 17.8 Å². The van der Waals surface area contributed by atoms with E-state index in [0.29, 0.717) is 5.92 Å². The number of hydrogen-bond donors (Lipinski definition) is 0. The number of rotatable bonds is 5. The molecule has 1 aliphatic rings. The molecule has 0 radical (unpaired) electrons. The van der Waals surface area contributed by atoms with Crippen LogP contribution in [0.1, 0.15) is 68.7 Å². The second kappa shape index (κ2) is 6.71. The van der Waals surface area contributed by atoms with Gasteiger partial charge in [0.2, 0.25) is 0 Å². The third kappa shape index (κ3) is 3.41. The Morgan fingerprint density at radius 2 is 2.12 bits per heavy atom. The van der Waals surface area contributed by atoms with Crippen LogP contribution in [0.4, 0.5) is 0 Å². The van der Waals surface area contributed by atoms with Crippen molar-refractivity contribution in [3.8, 4) is 0 Å². The highest BCUT2D eigenvalue weighted by molar-refractivity contribution is 5.25. The molecule has 1 atom stereocenters. The molecule has 3 rings (SSSR count). The fourth-order valence-electron chi connectivity index (χ4n) is 3.83. The molecule has 24 heavy (non-hydrogen) atoms. The Balaban J connectivity index is 1.84. The number of imidazole rings is 1. The molecule has 5 nitrogen and oxygen atoms in total. The van der Waals surface area contributed by atoms with Crippen molar-refractivity contribution in [1.82, 2.24) is 19.3 Å². The van der Waals surface area contributed by atoms with Crippen LogP contribution in [-0.4, -0.2) is 31.5 Å². The van der Waals surface area contributed by atoms with Gasteiger partial charge in [-0.1, -0.05) is 6.92 Å². The Hall–Kier alpha value is -1.62. The summed E-state index contributed by atoms with van der Waals surface area (Å²) < 4.78 is 10.3. The second-order valence-electron chi connectivity index (χ2n) is 7.58. The minimum atomic E-state index is -0.0580. The van der Waals surface area contributed by atoms with E-state index in [-0.39, 0.29) is 5.60 Å². The molecule has 0 bridgehead atoms. The molecular formula is C19H30N4O. The first kappa shape index (κ1) is 17.2. The molecule has 0 N–H and O–H groups in total. The van der Waals surface area contributed by atoms with E-state index < -0.39 is 0 Å². The molecule has 2 aromatic rings. The molecule has 0 aliphatic carbocycles. The van der Waals surface area contributed by atoms with Gasteiger partial charge in [0.15, 0.2) is 0 Å². The Bertz CT molecular complexity index is 698. The molecule has 3 heterocycles. The van der Waals surface area contributed by atoms with Crippen molar-refractivity contribution in [2.24, 2.45) is 0 Å². The Labute approximate surface area is 145 Å². The average molecular weight is 330 g/mol. The van der Waals surface area contributed by atoms with Gasteiger partial charge in [-0.3, -0.25) is 4.68 Å². The molecule has 5 heteroatoms. The number of aryl methyl sites for hydroxylation is 2. The number of hydrogen-bond acceptors (Lipinski definition) is 3. The molecule has 2 aromatic heterocycles. The number of aromatic nitrogens is 4. The first-order valence-corrected chi connectivity index (χ1v) is 9.09. The van der Waals surface area contributed by atoms with E-state index in [0.717, 1.165) is 44.7 Å². The van der Waals surface area contributed by atoms with E-state index in [2.05, 4.69) is 55.0 Å². The lowest BCUT2D eigenvalue weighted by Gasteiger charge is -2.35. The lowest BCUT2D eigenvalue weighted by molar-refractivity contribution is -0.0606. The maximum absolute atomic E-state index is 5.87. The SMILES string of the molecule is CCCn1nc(C)c(Cn2ccnc2[C@@H]2CCOC(C)(C)C2)c1C. The Morgan fingerprint density at radius 3 is 2.83 bits per heavy atom. The summed E-state index contributed by atoms with van der Waals surface area (Å²) in [5, 5.41) is 4.71. The van der Waals surface area contributed by atoms with Gasteiger partial charge in [0.25, 0.3) is 0 Å². The molecule has 132 valence electrons. The minimum absolute atomic E-state index is 0.0580. The third-order valence-electron chi connectivity index (χ3n) is 5.11. The predicted molar refractivity (Wildman–Crippen MR) is 95.3 cm³/mol. The summed E-state index contributed by atoms with van der Waals surface area (Å²) in [7, 11) is 0. The molecule has 0 aromatic carbocycles. The monoisotopic (exact) mass is 330 g/mol. The van der Waals surface area contributed by atoms with Gasteiger partial charge in [0, 0.05) is 42.7 Å². The first-order valence-electron chi connectivity index (χ1n) is 9.09. The van der Waals surface area contributed by atoms with Gasteiger partial charge in [0.1, 0.15) is 5.82 Å². The largest absolute Gasteiger partial charge is 0.376 e. The van der Waals surface area contributed by atoms with Gasteiger partial charge in [-0.15, -0.1) is 0 Å². The van der Waals surface area contributed by atoms with Crippen molar-refractivity contribution in [2.45, 2.75) is 78.5 Å². The van der Waals surface area contributed by atoms with Gasteiger partial charge in [-0.2, -0.15) is 5.10 Å². The predicted octanol–water partition coefficient (Wildman–Crippen LogP) is 3.83. The number of ether oxygens (including phenoxy) is 1. The van der Waals surface area contributed by atoms with Crippen LogP contribution in [0.5, 0.6) is 0 Å². The molecule has 0 saturated carbocycles. The van der Waals surface area contributed by atoms with Crippen LogP contribution < -0.4 is 0 Å². The average Bonchev–Trinajstić information content (AvgIpc) is 3.07. The van der Waals surface area contributed by atoms with E-state index in [9.17, 15) is 0 Å². The van der Waals surface area contributed by atoms with Crippen LogP contribution in [0.15, 0.2) is 12.4 Å². The minimum Gasteiger partial charge on any atom is -0.376 e. The summed E-state index contributed by atoms with van der Waals surface area (Å²) in [5.41, 5.74) is 3.68. The standard InChI is InChI=1S/C19H30N4O/c1-6-9-23-15(3)17(14(2)21-23)13-22-10-8-20-18(22)16-7-11-24-19(4,5)12-16/h8,10,16H,6-7,9,11-13H2,1-5H3/t16-/m1/s1. The molecular weight excluding hydrogens is 300 g/mol. The lowest BCUT2D eigenvalue weighted by Crippen LogP contribution is -2.34. The normalized spacial score (nSPS) is 20.5. The van der Waals surface area contributed by atoms with Gasteiger partial charge < -0.3 is 9.30 Å². The van der Waals surface area contributed by atoms with Crippen LogP contribution in [0.25, 0.3) is 0 Å². The van der Waals surface area contributed by atoms with Crippen molar-refractivity contribution in [1.29, 1.82) is 0 Å². The van der Waals surface area contributed by atoms with E-state index in [1.807, 2.05) is 6.20 Å². The van der Waals surface area contributed by atoms with Gasteiger partial charge >= 0.3 is 0 Å². The summed E-state index contributed by atoms with van der Waals surface area (Å²) in [4.78, 5) is 4.68. The molecule has 0 unspecified atom stereocenters. The highest BCUT2D eigenvalue weighted by Gasteiger charge is 2.32. The van der Waals surface area contributed by atoms with E-state index in [4.69, 9.17) is 9.84 Å². The smallest absolute Gasteiger partial charge is 0.112 e. The maximum Gasteiger partial charge on any atom is 0.112 e. The zero-order valence-corrected chi connectivity index (χ0v) is 15.7. The van der Waals surface area contributed by atoms with Gasteiger partial charge in [-0.25, -0.2) is 4.98 Å². The van der Waals surface area contributed by atoms with E-state index in [1.165, 1.54) is 17.1 Å². The topological polar surface area (TPSA) is 44.9 Å². The van der Waals surface area contributed by atoms with Crippen LogP contribution in [0.2, 0.25) is 0 Å². The zero-order chi connectivity index (χ0) is 17.3. The Kier molecular flexibility index (Phi) is 4.81. The summed E-state index contributed by atoms with van der Waals surface area (Å²) in [6.07, 6.45) is 7.21. The quantitative estimate of drug-likeness (QED) is 0.837. The molecule has 0 amide bonds. The molecule has 1 fully saturated rings. The summed E-state index contributed by atoms with van der Waals surface area (Å²) in [6, 6.07) is 0. The summed E-state index contributed by atoms with van der Waals surface area (Å²) in [6.45, 7) is 13.5. The van der Waals surface area contributed by atoms with Crippen molar-refractivity contribution in [3.63, 3.8) is 0 Å². The molecule has 1 aliphatic heterocycles. The van der Waals surface area contributed by atoms with Crippen LogP contribution in [-0.2, 0) is 17.8 Å². The maximum atomic E-state index is 5.87. The fourth-order valence-corrected chi connectivity index (χ4v) is 3.83. The van der Waals surface area contributed by atoms with Crippen molar-refractivity contribution in [2.75, 3.05) is 6.61 Å². The van der Waals surface area contributed by atoms with Gasteiger partial charge in [-0.05, 0) is 47.0 Å². The molecule has 0 spiro atoms. The first-order chi connectivity index (χ1) is 11.4. The van der Waals surface area contributed by atoms with Crippen LogP contribution in [0.3, 0.4) is 0 Å². The van der Waals surface area contributed by atoms with E-state index >= 15 is 0 Å². The third-order valence-corrected chi connectivity index (χ3v) is 5.11. The summed E-state index contributed by atoms with van der Waals surface area (Å²) in [5.74, 6) is 1.66. The van der Waals surface area contributed by atoms with Crippen molar-refractivity contribution >= 4 is 0 Å². The van der Waals surface area contributed by atoms with Crippen LogP contribution in [0, 0.1) is 13.8 Å². The van der Waals surface area contributed by atoms with Crippen molar-refractivity contribution in [3.05, 3.63) is 35.2 Å². The molecule has 1 saturated heterocycles. The second-order valence-corrected chi connectivity index (χ2v) is 7.58. The van der Waals surface area contributed by atoms with E-state index in [1.54, 1.807) is 0 Å². The van der Waals surface area contributed by atoms with Crippen molar-refractivity contribution < 1.29 is 4.74 Å². The lowest BCUT2D eigenvalue weighted by atomic mass is 9.88. The highest BCUT2D eigenvalue weighted by Crippen LogP contribution is 2.35. The highest BCUT2D eigenvalue weighted by atomic mass is 16.5. The Morgan fingerprint density at radius 1 is 1.33 bits per heavy atom. The summed E-state index contributed by atoms with van der Waals surface area (Å²) >= 11 is 0. The van der Waals surface area contributed by atoms with Crippen LogP contribution >= 0.6 is 0 Å². The number of nitrogens with zero attached hydrogens (tertiary/aromatic N) is 4.